The molecule has 0 saturated carbocycles. The van der Waals surface area contributed by atoms with Gasteiger partial charge in [0.1, 0.15) is 4.60 Å². The number of hydrogen-bond donors (Lipinski definition) is 0. The van der Waals surface area contributed by atoms with E-state index in [9.17, 15) is 0 Å². The van der Waals surface area contributed by atoms with Crippen LogP contribution in [0.1, 0.15) is 25.3 Å². The molecule has 80 valence electrons. The van der Waals surface area contributed by atoms with Crippen LogP contribution < -0.4 is 0 Å². The van der Waals surface area contributed by atoms with E-state index in [0.29, 0.717) is 5.92 Å². The molecule has 0 aliphatic rings. The standard InChI is InChI=1S/C10H10BrIN2S/c1-6(2)7-5-14(15-12)8-3-4-9(11)13-10(7)8/h3-6H,1-2H3. The predicted molar refractivity (Wildman–Crippen MR) is 78.5 cm³/mol. The van der Waals surface area contributed by atoms with Gasteiger partial charge in [-0.05, 0) is 39.5 Å². The largest absolute Gasteiger partial charge is 0.281 e. The monoisotopic (exact) mass is 396 g/mol. The fraction of sp³-hybridized carbons (Fsp3) is 0.300. The number of rotatable bonds is 2. The molecule has 2 heterocycles. The van der Waals surface area contributed by atoms with Crippen LogP contribution >= 0.6 is 46.3 Å². The van der Waals surface area contributed by atoms with Crippen molar-refractivity contribution in [1.29, 1.82) is 0 Å². The van der Waals surface area contributed by atoms with Gasteiger partial charge in [0.25, 0.3) is 0 Å². The minimum absolute atomic E-state index is 0.499. The average molecular weight is 397 g/mol. The molecule has 0 atom stereocenters. The van der Waals surface area contributed by atoms with E-state index in [1.165, 1.54) is 11.1 Å². The zero-order valence-electron chi connectivity index (χ0n) is 8.37. The van der Waals surface area contributed by atoms with Gasteiger partial charge in [0.2, 0.25) is 0 Å². The molecule has 0 spiro atoms. The summed E-state index contributed by atoms with van der Waals surface area (Å²) in [7, 11) is 1.67. The van der Waals surface area contributed by atoms with Crippen LogP contribution in [0.5, 0.6) is 0 Å². The van der Waals surface area contributed by atoms with E-state index in [1.807, 2.05) is 6.07 Å². The van der Waals surface area contributed by atoms with Crippen molar-refractivity contribution in [3.8, 4) is 0 Å². The highest BCUT2D eigenvalue weighted by atomic mass is 127. The van der Waals surface area contributed by atoms with E-state index in [2.05, 4.69) is 72.2 Å². The molecule has 0 fully saturated rings. The summed E-state index contributed by atoms with van der Waals surface area (Å²) in [6.07, 6.45) is 2.17. The normalized spacial score (nSPS) is 11.5. The molecule has 2 nitrogen and oxygen atoms in total. The van der Waals surface area contributed by atoms with Crippen molar-refractivity contribution < 1.29 is 0 Å². The summed E-state index contributed by atoms with van der Waals surface area (Å²) in [4.78, 5) is 4.54. The van der Waals surface area contributed by atoms with Gasteiger partial charge >= 0.3 is 0 Å². The highest BCUT2D eigenvalue weighted by molar-refractivity contribution is 14.2. The lowest BCUT2D eigenvalue weighted by atomic mass is 10.1. The molecule has 0 bridgehead atoms. The van der Waals surface area contributed by atoms with Crippen LogP contribution in [0.2, 0.25) is 0 Å². The Kier molecular flexibility index (Phi) is 3.62. The third-order valence-corrected chi connectivity index (χ3v) is 4.47. The Labute approximate surface area is 114 Å². The van der Waals surface area contributed by atoms with Crippen LogP contribution in [0.3, 0.4) is 0 Å². The van der Waals surface area contributed by atoms with Crippen molar-refractivity contribution in [3.05, 3.63) is 28.5 Å². The number of fused-ring (bicyclic) bond motifs is 1. The maximum absolute atomic E-state index is 4.54. The lowest BCUT2D eigenvalue weighted by Crippen LogP contribution is -1.86. The van der Waals surface area contributed by atoms with E-state index in [4.69, 9.17) is 0 Å². The smallest absolute Gasteiger partial charge is 0.106 e. The van der Waals surface area contributed by atoms with Gasteiger partial charge in [-0.3, -0.25) is 3.97 Å². The van der Waals surface area contributed by atoms with Gasteiger partial charge in [-0.2, -0.15) is 0 Å². The van der Waals surface area contributed by atoms with Crippen LogP contribution in [0.4, 0.5) is 0 Å². The van der Waals surface area contributed by atoms with Crippen molar-refractivity contribution in [3.63, 3.8) is 0 Å². The fourth-order valence-electron chi connectivity index (χ4n) is 1.55. The quantitative estimate of drug-likeness (QED) is 0.537. The molecule has 15 heavy (non-hydrogen) atoms. The molecule has 5 heteroatoms. The lowest BCUT2D eigenvalue weighted by Gasteiger charge is -2.00. The summed E-state index contributed by atoms with van der Waals surface area (Å²) in [5, 5.41) is 0. The van der Waals surface area contributed by atoms with E-state index < -0.39 is 0 Å². The number of pyridine rings is 1. The molecule has 2 aromatic rings. The summed E-state index contributed by atoms with van der Waals surface area (Å²) in [5.74, 6) is 0.499. The van der Waals surface area contributed by atoms with E-state index in [1.54, 1.807) is 9.12 Å². The topological polar surface area (TPSA) is 17.8 Å². The van der Waals surface area contributed by atoms with Crippen LogP contribution in [-0.2, 0) is 0 Å². The second-order valence-electron chi connectivity index (χ2n) is 3.64. The molecule has 0 radical (unpaired) electrons. The van der Waals surface area contributed by atoms with E-state index in [0.717, 1.165) is 10.1 Å². The first kappa shape index (κ1) is 11.7. The molecular weight excluding hydrogens is 387 g/mol. The van der Waals surface area contributed by atoms with Gasteiger partial charge in [0.05, 0.1) is 11.0 Å². The zero-order chi connectivity index (χ0) is 11.0. The molecule has 0 aliphatic heterocycles. The fourth-order valence-corrected chi connectivity index (χ4v) is 3.22. The van der Waals surface area contributed by atoms with Gasteiger partial charge < -0.3 is 0 Å². The van der Waals surface area contributed by atoms with Gasteiger partial charge in [0, 0.05) is 36.5 Å². The molecule has 0 unspecified atom stereocenters. The maximum atomic E-state index is 4.54. The Bertz CT molecular complexity index is 495. The van der Waals surface area contributed by atoms with Gasteiger partial charge in [-0.1, -0.05) is 13.8 Å². The highest BCUT2D eigenvalue weighted by Crippen LogP contribution is 2.31. The second kappa shape index (κ2) is 4.63. The minimum Gasteiger partial charge on any atom is -0.281 e. The Hall–Kier alpha value is 0.250. The molecule has 0 N–H and O–H groups in total. The van der Waals surface area contributed by atoms with Crippen molar-refractivity contribution in [2.45, 2.75) is 19.8 Å². The predicted octanol–water partition coefficient (Wildman–Crippen LogP) is 4.77. The molecular formula is C10H10BrIN2S. The lowest BCUT2D eigenvalue weighted by molar-refractivity contribution is 0.871. The van der Waals surface area contributed by atoms with Crippen molar-refractivity contribution in [2.24, 2.45) is 0 Å². The molecule has 0 amide bonds. The third kappa shape index (κ3) is 2.19. The first-order chi connectivity index (χ1) is 7.13. The van der Waals surface area contributed by atoms with Gasteiger partial charge in [0.15, 0.2) is 0 Å². The third-order valence-electron chi connectivity index (χ3n) is 2.30. The summed E-state index contributed by atoms with van der Waals surface area (Å²) >= 11 is 5.70. The molecule has 0 aliphatic carbocycles. The van der Waals surface area contributed by atoms with Crippen LogP contribution in [0.25, 0.3) is 11.0 Å². The average Bonchev–Trinajstić information content (AvgIpc) is 2.55. The SMILES string of the molecule is CC(C)c1cn(SI)c2ccc(Br)nc12. The Morgan fingerprint density at radius 2 is 2.20 bits per heavy atom. The van der Waals surface area contributed by atoms with Gasteiger partial charge in [-0.25, -0.2) is 4.98 Å². The van der Waals surface area contributed by atoms with Crippen LogP contribution in [0.15, 0.2) is 22.9 Å². The number of aromatic nitrogens is 2. The number of hydrogen-bond acceptors (Lipinski definition) is 2. The Morgan fingerprint density at radius 1 is 1.47 bits per heavy atom. The second-order valence-corrected chi connectivity index (χ2v) is 6.16. The molecule has 2 aromatic heterocycles. The van der Waals surface area contributed by atoms with Gasteiger partial charge in [-0.15, -0.1) is 0 Å². The van der Waals surface area contributed by atoms with Crippen LogP contribution in [-0.4, -0.2) is 8.96 Å². The molecule has 0 aromatic carbocycles. The molecule has 0 saturated heterocycles. The van der Waals surface area contributed by atoms with E-state index in [-0.39, 0.29) is 0 Å². The van der Waals surface area contributed by atoms with Crippen molar-refractivity contribution in [2.75, 3.05) is 0 Å². The highest BCUT2D eigenvalue weighted by Gasteiger charge is 2.12. The summed E-state index contributed by atoms with van der Waals surface area (Å²) in [6, 6.07) is 4.08. The Balaban J connectivity index is 2.76. The summed E-state index contributed by atoms with van der Waals surface area (Å²) < 4.78 is 3.05. The first-order valence-corrected chi connectivity index (χ1v) is 8.71. The summed E-state index contributed by atoms with van der Waals surface area (Å²) in [6.45, 7) is 4.39. The minimum atomic E-state index is 0.499. The number of halogens is 2. The first-order valence-electron chi connectivity index (χ1n) is 4.60. The summed E-state index contributed by atoms with van der Waals surface area (Å²) in [5.41, 5.74) is 3.58. The van der Waals surface area contributed by atoms with Crippen molar-refractivity contribution in [1.82, 2.24) is 8.96 Å². The van der Waals surface area contributed by atoms with Crippen LogP contribution in [0, 0.1) is 0 Å². The van der Waals surface area contributed by atoms with Crippen molar-refractivity contribution >= 4 is 57.3 Å². The zero-order valence-corrected chi connectivity index (χ0v) is 12.9. The maximum Gasteiger partial charge on any atom is 0.106 e. The van der Waals surface area contributed by atoms with E-state index >= 15 is 0 Å². The Morgan fingerprint density at radius 3 is 2.80 bits per heavy atom. The number of nitrogens with zero attached hydrogens (tertiary/aromatic N) is 2. The molecule has 2 rings (SSSR count).